The zero-order valence-corrected chi connectivity index (χ0v) is 15.7. The smallest absolute Gasteiger partial charge is 0.0899 e. The van der Waals surface area contributed by atoms with E-state index in [1.54, 1.807) is 0 Å². The van der Waals surface area contributed by atoms with Crippen LogP contribution in [-0.4, -0.2) is 27.7 Å². The first-order valence-electron chi connectivity index (χ1n) is 9.83. The van der Waals surface area contributed by atoms with Gasteiger partial charge in [0, 0.05) is 30.2 Å². The van der Waals surface area contributed by atoms with E-state index in [4.69, 9.17) is 4.74 Å². The molecule has 0 spiro atoms. The standard InChI is InChI=1S/C22H27N3O/c1-16-19(12-11-18-9-10-18)6-5-8-21(16)17(2)22-15-25(24-23-22)14-20-7-3-4-13-26-20/h5-6,8,15,17-18,20H,3-4,7,9-10,13-14H2,1-2H3/t17?,20-/m1/s1. The monoisotopic (exact) mass is 349 g/mol. The zero-order valence-electron chi connectivity index (χ0n) is 15.7. The summed E-state index contributed by atoms with van der Waals surface area (Å²) in [4.78, 5) is 0. The van der Waals surface area contributed by atoms with Crippen molar-refractivity contribution in [1.82, 2.24) is 15.0 Å². The molecule has 0 amide bonds. The minimum atomic E-state index is 0.207. The van der Waals surface area contributed by atoms with Crippen LogP contribution in [0.3, 0.4) is 0 Å². The Hall–Kier alpha value is -2.12. The molecule has 1 saturated carbocycles. The van der Waals surface area contributed by atoms with Crippen molar-refractivity contribution in [3.63, 3.8) is 0 Å². The number of benzene rings is 1. The fraction of sp³-hybridized carbons (Fsp3) is 0.545. The summed E-state index contributed by atoms with van der Waals surface area (Å²) in [5.74, 6) is 7.58. The molecule has 0 radical (unpaired) electrons. The van der Waals surface area contributed by atoms with Crippen LogP contribution >= 0.6 is 0 Å². The fourth-order valence-electron chi connectivity index (χ4n) is 3.59. The molecule has 2 atom stereocenters. The Morgan fingerprint density at radius 3 is 2.92 bits per heavy atom. The van der Waals surface area contributed by atoms with Crippen LogP contribution in [0.15, 0.2) is 24.4 Å². The summed E-state index contributed by atoms with van der Waals surface area (Å²) in [6.07, 6.45) is 8.41. The second-order valence-electron chi connectivity index (χ2n) is 7.64. The maximum Gasteiger partial charge on any atom is 0.0899 e. The quantitative estimate of drug-likeness (QED) is 0.781. The molecule has 2 heterocycles. The second kappa shape index (κ2) is 7.63. The summed E-state index contributed by atoms with van der Waals surface area (Å²) < 4.78 is 7.76. The third-order valence-corrected chi connectivity index (χ3v) is 5.50. The molecule has 4 heteroatoms. The summed E-state index contributed by atoms with van der Waals surface area (Å²) in [6, 6.07) is 6.42. The maximum absolute atomic E-state index is 5.82. The lowest BCUT2D eigenvalue weighted by molar-refractivity contribution is 0.00369. The third kappa shape index (κ3) is 3.99. The van der Waals surface area contributed by atoms with E-state index in [-0.39, 0.29) is 12.0 Å². The molecule has 1 aliphatic heterocycles. The highest BCUT2D eigenvalue weighted by Gasteiger charge is 2.20. The van der Waals surface area contributed by atoms with Crippen LogP contribution < -0.4 is 0 Å². The van der Waals surface area contributed by atoms with Gasteiger partial charge < -0.3 is 4.74 Å². The number of nitrogens with zero attached hydrogens (tertiary/aromatic N) is 3. The minimum Gasteiger partial charge on any atom is -0.376 e. The van der Waals surface area contributed by atoms with E-state index < -0.39 is 0 Å². The van der Waals surface area contributed by atoms with Gasteiger partial charge in [-0.2, -0.15) is 0 Å². The molecule has 26 heavy (non-hydrogen) atoms. The third-order valence-electron chi connectivity index (χ3n) is 5.50. The maximum atomic E-state index is 5.82. The summed E-state index contributed by atoms with van der Waals surface area (Å²) in [5.41, 5.74) is 4.70. The van der Waals surface area contributed by atoms with E-state index >= 15 is 0 Å². The van der Waals surface area contributed by atoms with Crippen molar-refractivity contribution < 1.29 is 4.74 Å². The largest absolute Gasteiger partial charge is 0.376 e. The summed E-state index contributed by atoms with van der Waals surface area (Å²) in [5, 5.41) is 8.77. The molecule has 4 nitrogen and oxygen atoms in total. The van der Waals surface area contributed by atoms with Crippen molar-refractivity contribution in [2.75, 3.05) is 6.61 Å². The average molecular weight is 349 g/mol. The van der Waals surface area contributed by atoms with Gasteiger partial charge in [-0.05, 0) is 56.2 Å². The lowest BCUT2D eigenvalue weighted by Gasteiger charge is -2.22. The highest BCUT2D eigenvalue weighted by Crippen LogP contribution is 2.29. The molecule has 1 saturated heterocycles. The summed E-state index contributed by atoms with van der Waals surface area (Å²) in [7, 11) is 0. The molecule has 1 aliphatic carbocycles. The number of rotatable bonds is 4. The zero-order chi connectivity index (χ0) is 17.9. The molecule has 0 N–H and O–H groups in total. The molecule has 136 valence electrons. The normalized spacial score (nSPS) is 21.1. The summed E-state index contributed by atoms with van der Waals surface area (Å²) in [6.45, 7) is 6.04. The van der Waals surface area contributed by atoms with Crippen LogP contribution in [0.5, 0.6) is 0 Å². The van der Waals surface area contributed by atoms with Crippen molar-refractivity contribution in [3.8, 4) is 11.8 Å². The van der Waals surface area contributed by atoms with E-state index in [1.165, 1.54) is 36.8 Å². The molecule has 2 aliphatic rings. The van der Waals surface area contributed by atoms with Crippen molar-refractivity contribution in [3.05, 3.63) is 46.8 Å². The molecule has 2 fully saturated rings. The first-order chi connectivity index (χ1) is 12.7. The van der Waals surface area contributed by atoms with Gasteiger partial charge in [-0.15, -0.1) is 5.10 Å². The van der Waals surface area contributed by atoms with Crippen LogP contribution in [0.2, 0.25) is 0 Å². The van der Waals surface area contributed by atoms with Gasteiger partial charge in [0.15, 0.2) is 0 Å². The van der Waals surface area contributed by atoms with Crippen molar-refractivity contribution in [2.45, 2.75) is 64.5 Å². The lowest BCUT2D eigenvalue weighted by Crippen LogP contribution is -2.24. The van der Waals surface area contributed by atoms with Crippen LogP contribution in [0.25, 0.3) is 0 Å². The van der Waals surface area contributed by atoms with E-state index in [1.807, 2.05) is 4.68 Å². The van der Waals surface area contributed by atoms with Gasteiger partial charge >= 0.3 is 0 Å². The van der Waals surface area contributed by atoms with Gasteiger partial charge in [0.2, 0.25) is 0 Å². The van der Waals surface area contributed by atoms with Gasteiger partial charge in [0.05, 0.1) is 18.3 Å². The Labute approximate surface area is 155 Å². The van der Waals surface area contributed by atoms with Gasteiger partial charge in [-0.3, -0.25) is 0 Å². The van der Waals surface area contributed by atoms with Crippen molar-refractivity contribution in [1.29, 1.82) is 0 Å². The number of hydrogen-bond donors (Lipinski definition) is 0. The predicted octanol–water partition coefficient (Wildman–Crippen LogP) is 4.07. The highest BCUT2D eigenvalue weighted by molar-refractivity contribution is 5.47. The average Bonchev–Trinajstić information content (AvgIpc) is 3.38. The topological polar surface area (TPSA) is 39.9 Å². The predicted molar refractivity (Wildman–Crippen MR) is 102 cm³/mol. The molecular weight excluding hydrogens is 322 g/mol. The number of aromatic nitrogens is 3. The summed E-state index contributed by atoms with van der Waals surface area (Å²) >= 11 is 0. The van der Waals surface area contributed by atoms with E-state index in [0.717, 1.165) is 30.8 Å². The van der Waals surface area contributed by atoms with Crippen LogP contribution in [0, 0.1) is 24.7 Å². The Morgan fingerprint density at radius 2 is 2.15 bits per heavy atom. The Kier molecular flexibility index (Phi) is 5.08. The second-order valence-corrected chi connectivity index (χ2v) is 7.64. The Bertz CT molecular complexity index is 819. The van der Waals surface area contributed by atoms with Crippen LogP contribution in [-0.2, 0) is 11.3 Å². The first kappa shape index (κ1) is 17.3. The molecule has 1 aromatic carbocycles. The minimum absolute atomic E-state index is 0.207. The number of hydrogen-bond acceptors (Lipinski definition) is 3. The van der Waals surface area contributed by atoms with E-state index in [0.29, 0.717) is 5.92 Å². The van der Waals surface area contributed by atoms with Crippen molar-refractivity contribution >= 4 is 0 Å². The van der Waals surface area contributed by atoms with Crippen LogP contribution in [0.1, 0.15) is 67.3 Å². The van der Waals surface area contributed by atoms with Gasteiger partial charge in [0.25, 0.3) is 0 Å². The highest BCUT2D eigenvalue weighted by atomic mass is 16.5. The van der Waals surface area contributed by atoms with Gasteiger partial charge in [-0.1, -0.05) is 36.1 Å². The van der Waals surface area contributed by atoms with E-state index in [9.17, 15) is 0 Å². The molecular formula is C22H27N3O. The van der Waals surface area contributed by atoms with E-state index in [2.05, 4.69) is 60.4 Å². The molecule has 1 aromatic heterocycles. The molecule has 4 rings (SSSR count). The van der Waals surface area contributed by atoms with Gasteiger partial charge in [-0.25, -0.2) is 4.68 Å². The molecule has 2 aromatic rings. The molecule has 0 bridgehead atoms. The number of ether oxygens (including phenoxy) is 1. The van der Waals surface area contributed by atoms with Crippen LogP contribution in [0.4, 0.5) is 0 Å². The fourth-order valence-corrected chi connectivity index (χ4v) is 3.59. The molecule has 1 unspecified atom stereocenters. The van der Waals surface area contributed by atoms with Crippen molar-refractivity contribution in [2.24, 2.45) is 5.92 Å². The lowest BCUT2D eigenvalue weighted by atomic mass is 9.91. The first-order valence-corrected chi connectivity index (χ1v) is 9.83. The van der Waals surface area contributed by atoms with Gasteiger partial charge in [0.1, 0.15) is 0 Å². The Morgan fingerprint density at radius 1 is 1.27 bits per heavy atom. The Balaban J connectivity index is 1.49. The SMILES string of the molecule is Cc1c(C#CC2CC2)cccc1C(C)c1cn(C[C@H]2CCCCO2)nn1.